The zero-order chi connectivity index (χ0) is 14.0. The summed E-state index contributed by atoms with van der Waals surface area (Å²) in [7, 11) is 0. The van der Waals surface area contributed by atoms with Gasteiger partial charge in [-0.2, -0.15) is 0 Å². The summed E-state index contributed by atoms with van der Waals surface area (Å²) in [6.07, 6.45) is 2.10. The third-order valence-electron chi connectivity index (χ3n) is 3.21. The molecule has 0 saturated carbocycles. The molecule has 0 atom stereocenters. The van der Waals surface area contributed by atoms with Gasteiger partial charge in [-0.15, -0.1) is 11.3 Å². The van der Waals surface area contributed by atoms with E-state index in [0.717, 1.165) is 32.5 Å². The summed E-state index contributed by atoms with van der Waals surface area (Å²) in [5, 5.41) is 5.46. The van der Waals surface area contributed by atoms with Gasteiger partial charge in [0.1, 0.15) is 0 Å². The van der Waals surface area contributed by atoms with Crippen LogP contribution in [0.25, 0.3) is 0 Å². The first-order valence-corrected chi connectivity index (χ1v) is 8.15. The fourth-order valence-electron chi connectivity index (χ4n) is 2.03. The average molecular weight is 289 g/mol. The number of rotatable bonds is 9. The molecule has 0 aliphatic rings. The van der Waals surface area contributed by atoms with Gasteiger partial charge in [0.05, 0.1) is 13.2 Å². The highest BCUT2D eigenvalue weighted by Crippen LogP contribution is 2.10. The third-order valence-corrected chi connectivity index (χ3v) is 4.14. The number of thiophene rings is 1. The molecular formula is C17H23NOS. The van der Waals surface area contributed by atoms with E-state index in [1.165, 1.54) is 16.0 Å². The zero-order valence-electron chi connectivity index (χ0n) is 12.1. The molecule has 1 heterocycles. The standard InChI is InChI=1S/C17H23NOS/c1-2-18-11-9-15-5-7-16(8-6-15)14-19-12-10-17-4-3-13-20-17/h3-8,13,18H,2,9-12,14H2,1H3. The number of benzene rings is 1. The number of ether oxygens (including phenoxy) is 1. The van der Waals surface area contributed by atoms with Gasteiger partial charge >= 0.3 is 0 Å². The molecule has 0 aliphatic carbocycles. The second kappa shape index (κ2) is 8.90. The van der Waals surface area contributed by atoms with Crippen LogP contribution in [0.5, 0.6) is 0 Å². The van der Waals surface area contributed by atoms with Crippen molar-refractivity contribution < 1.29 is 4.74 Å². The second-order valence-electron chi connectivity index (χ2n) is 4.80. The van der Waals surface area contributed by atoms with E-state index in [-0.39, 0.29) is 0 Å². The lowest BCUT2D eigenvalue weighted by Crippen LogP contribution is -2.15. The minimum Gasteiger partial charge on any atom is -0.376 e. The maximum Gasteiger partial charge on any atom is 0.0717 e. The number of hydrogen-bond acceptors (Lipinski definition) is 3. The molecule has 0 aliphatic heterocycles. The van der Waals surface area contributed by atoms with Crippen LogP contribution >= 0.6 is 11.3 Å². The average Bonchev–Trinajstić information content (AvgIpc) is 2.99. The van der Waals surface area contributed by atoms with Crippen molar-refractivity contribution in [2.24, 2.45) is 0 Å². The van der Waals surface area contributed by atoms with Crippen molar-refractivity contribution in [3.63, 3.8) is 0 Å². The van der Waals surface area contributed by atoms with Gasteiger partial charge in [0, 0.05) is 11.3 Å². The van der Waals surface area contributed by atoms with Crippen molar-refractivity contribution in [3.8, 4) is 0 Å². The highest BCUT2D eigenvalue weighted by Gasteiger charge is 1.97. The Hall–Kier alpha value is -1.16. The second-order valence-corrected chi connectivity index (χ2v) is 5.83. The van der Waals surface area contributed by atoms with Crippen molar-refractivity contribution in [2.45, 2.75) is 26.4 Å². The van der Waals surface area contributed by atoms with Gasteiger partial charge < -0.3 is 10.1 Å². The Bertz CT molecular complexity index is 464. The van der Waals surface area contributed by atoms with Crippen LogP contribution in [0.3, 0.4) is 0 Å². The number of likely N-dealkylation sites (N-methyl/N-ethyl adjacent to an activating group) is 1. The summed E-state index contributed by atoms with van der Waals surface area (Å²) < 4.78 is 5.73. The lowest BCUT2D eigenvalue weighted by Gasteiger charge is -2.06. The molecule has 0 bridgehead atoms. The maximum absolute atomic E-state index is 5.73. The van der Waals surface area contributed by atoms with Gasteiger partial charge in [0.15, 0.2) is 0 Å². The fourth-order valence-corrected chi connectivity index (χ4v) is 2.72. The lowest BCUT2D eigenvalue weighted by molar-refractivity contribution is 0.124. The maximum atomic E-state index is 5.73. The smallest absolute Gasteiger partial charge is 0.0717 e. The van der Waals surface area contributed by atoms with E-state index in [0.29, 0.717) is 6.61 Å². The minimum atomic E-state index is 0.707. The van der Waals surface area contributed by atoms with Crippen LogP contribution in [0.2, 0.25) is 0 Å². The molecule has 0 unspecified atom stereocenters. The van der Waals surface area contributed by atoms with Crippen molar-refractivity contribution >= 4 is 11.3 Å². The molecule has 0 amide bonds. The molecular weight excluding hydrogens is 266 g/mol. The van der Waals surface area contributed by atoms with Crippen LogP contribution in [0.4, 0.5) is 0 Å². The predicted octanol–water partition coefficient (Wildman–Crippen LogP) is 3.66. The molecule has 2 nitrogen and oxygen atoms in total. The minimum absolute atomic E-state index is 0.707. The van der Waals surface area contributed by atoms with E-state index in [1.807, 2.05) is 0 Å². The van der Waals surface area contributed by atoms with Gasteiger partial charge in [-0.25, -0.2) is 0 Å². The molecule has 1 aromatic carbocycles. The van der Waals surface area contributed by atoms with Crippen LogP contribution in [0.15, 0.2) is 41.8 Å². The molecule has 0 saturated heterocycles. The fraction of sp³-hybridized carbons (Fsp3) is 0.412. The highest BCUT2D eigenvalue weighted by atomic mass is 32.1. The van der Waals surface area contributed by atoms with Crippen molar-refractivity contribution in [3.05, 3.63) is 57.8 Å². The normalized spacial score (nSPS) is 10.8. The van der Waals surface area contributed by atoms with E-state index in [1.54, 1.807) is 11.3 Å². The molecule has 2 rings (SSSR count). The van der Waals surface area contributed by atoms with Gasteiger partial charge in [-0.05, 0) is 42.1 Å². The SMILES string of the molecule is CCNCCc1ccc(COCCc2cccs2)cc1. The van der Waals surface area contributed by atoms with Gasteiger partial charge in [-0.3, -0.25) is 0 Å². The summed E-state index contributed by atoms with van der Waals surface area (Å²) >= 11 is 1.79. The summed E-state index contributed by atoms with van der Waals surface area (Å²) in [6, 6.07) is 13.0. The molecule has 108 valence electrons. The predicted molar refractivity (Wildman–Crippen MR) is 86.4 cm³/mol. The first-order valence-electron chi connectivity index (χ1n) is 7.27. The van der Waals surface area contributed by atoms with Crippen LogP contribution in [0.1, 0.15) is 22.9 Å². The third kappa shape index (κ3) is 5.45. The molecule has 0 spiro atoms. The molecule has 20 heavy (non-hydrogen) atoms. The number of hydrogen-bond donors (Lipinski definition) is 1. The Morgan fingerprint density at radius 3 is 2.55 bits per heavy atom. The summed E-state index contributed by atoms with van der Waals surface area (Å²) in [6.45, 7) is 5.72. The van der Waals surface area contributed by atoms with Gasteiger partial charge in [-0.1, -0.05) is 37.3 Å². The van der Waals surface area contributed by atoms with Crippen LogP contribution in [0, 0.1) is 0 Å². The van der Waals surface area contributed by atoms with Crippen LogP contribution in [-0.4, -0.2) is 19.7 Å². The lowest BCUT2D eigenvalue weighted by atomic mass is 10.1. The Kier molecular flexibility index (Phi) is 6.78. The van der Waals surface area contributed by atoms with E-state index >= 15 is 0 Å². The summed E-state index contributed by atoms with van der Waals surface area (Å²) in [5.74, 6) is 0. The quantitative estimate of drug-likeness (QED) is 0.711. The summed E-state index contributed by atoms with van der Waals surface area (Å²) in [5.41, 5.74) is 2.64. The van der Waals surface area contributed by atoms with E-state index in [2.05, 4.69) is 54.0 Å². The van der Waals surface area contributed by atoms with E-state index in [4.69, 9.17) is 4.74 Å². The first-order chi connectivity index (χ1) is 9.88. The Balaban J connectivity index is 1.65. The Morgan fingerprint density at radius 1 is 1.05 bits per heavy atom. The van der Waals surface area contributed by atoms with Crippen LogP contribution in [-0.2, 0) is 24.2 Å². The molecule has 3 heteroatoms. The van der Waals surface area contributed by atoms with Crippen LogP contribution < -0.4 is 5.32 Å². The van der Waals surface area contributed by atoms with E-state index < -0.39 is 0 Å². The number of nitrogens with one attached hydrogen (secondary N) is 1. The van der Waals surface area contributed by atoms with Gasteiger partial charge in [0.2, 0.25) is 0 Å². The van der Waals surface area contributed by atoms with Gasteiger partial charge in [0.25, 0.3) is 0 Å². The molecule has 0 fully saturated rings. The van der Waals surface area contributed by atoms with Crippen molar-refractivity contribution in [1.82, 2.24) is 5.32 Å². The zero-order valence-corrected chi connectivity index (χ0v) is 12.9. The monoisotopic (exact) mass is 289 g/mol. The molecule has 2 aromatic rings. The van der Waals surface area contributed by atoms with E-state index in [9.17, 15) is 0 Å². The molecule has 1 N–H and O–H groups in total. The topological polar surface area (TPSA) is 21.3 Å². The summed E-state index contributed by atoms with van der Waals surface area (Å²) in [4.78, 5) is 1.39. The largest absolute Gasteiger partial charge is 0.376 e. The highest BCUT2D eigenvalue weighted by molar-refractivity contribution is 7.09. The van der Waals surface area contributed by atoms with Crippen molar-refractivity contribution in [2.75, 3.05) is 19.7 Å². The Morgan fingerprint density at radius 2 is 1.85 bits per heavy atom. The Labute approximate surface area is 125 Å². The first kappa shape index (κ1) is 15.2. The molecule has 0 radical (unpaired) electrons. The van der Waals surface area contributed by atoms with Crippen molar-refractivity contribution in [1.29, 1.82) is 0 Å². The molecule has 1 aromatic heterocycles.